The Kier molecular flexibility index (Phi) is 12.7. The lowest BCUT2D eigenvalue weighted by atomic mass is 9.79. The summed E-state index contributed by atoms with van der Waals surface area (Å²) in [5, 5.41) is 6.43. The Hall–Kier alpha value is -0.0700. The molecule has 1 heterocycles. The van der Waals surface area contributed by atoms with Gasteiger partial charge in [-0.05, 0) is 46.8 Å². The first-order chi connectivity index (χ1) is 8.99. The molecule has 0 aromatic rings. The van der Waals surface area contributed by atoms with Crippen molar-refractivity contribution < 1.29 is 9.53 Å². The molecule has 21 heavy (non-hydrogen) atoms. The van der Waals surface area contributed by atoms with Crippen LogP contribution in [0.15, 0.2) is 0 Å². The van der Waals surface area contributed by atoms with E-state index in [0.717, 1.165) is 32.5 Å². The van der Waals surface area contributed by atoms with Crippen LogP contribution in [0.4, 0.5) is 0 Å². The molecule has 7 heteroatoms. The number of amides is 1. The van der Waals surface area contributed by atoms with Gasteiger partial charge in [0.2, 0.25) is 5.91 Å². The highest BCUT2D eigenvalue weighted by atomic mass is 35.5. The zero-order valence-corrected chi connectivity index (χ0v) is 15.2. The number of methoxy groups -OCH3 is 1. The second kappa shape index (κ2) is 11.5. The molecule has 0 unspecified atom stereocenters. The fourth-order valence-electron chi connectivity index (χ4n) is 2.39. The molecule has 0 aliphatic carbocycles. The predicted molar refractivity (Wildman–Crippen MR) is 91.7 cm³/mol. The topological polar surface area (TPSA) is 53.6 Å². The minimum absolute atomic E-state index is 0. The number of rotatable bonds is 7. The van der Waals surface area contributed by atoms with Crippen molar-refractivity contribution in [3.05, 3.63) is 0 Å². The van der Waals surface area contributed by atoms with Gasteiger partial charge in [-0.1, -0.05) is 0 Å². The van der Waals surface area contributed by atoms with Crippen LogP contribution in [0, 0.1) is 5.41 Å². The van der Waals surface area contributed by atoms with Crippen LogP contribution in [-0.2, 0) is 9.53 Å². The average Bonchev–Trinajstić information content (AvgIpc) is 2.38. The normalized spacial score (nSPS) is 17.0. The molecular formula is C14H31Cl2N3O2. The molecule has 0 radical (unpaired) electrons. The Balaban J connectivity index is 0. The van der Waals surface area contributed by atoms with Gasteiger partial charge in [-0.25, -0.2) is 0 Å². The van der Waals surface area contributed by atoms with Crippen molar-refractivity contribution in [3.63, 3.8) is 0 Å². The van der Waals surface area contributed by atoms with Crippen molar-refractivity contribution in [1.82, 2.24) is 15.5 Å². The largest absolute Gasteiger partial charge is 0.384 e. The first kappa shape index (κ1) is 23.2. The van der Waals surface area contributed by atoms with Crippen LogP contribution in [0.1, 0.15) is 26.7 Å². The van der Waals surface area contributed by atoms with Gasteiger partial charge in [0.1, 0.15) is 0 Å². The van der Waals surface area contributed by atoms with Crippen molar-refractivity contribution in [2.24, 2.45) is 5.41 Å². The summed E-state index contributed by atoms with van der Waals surface area (Å²) in [6.07, 6.45) is 2.11. The Bertz CT molecular complexity index is 280. The lowest BCUT2D eigenvalue weighted by Gasteiger charge is -2.37. The smallest absolute Gasteiger partial charge is 0.234 e. The standard InChI is InChI=1S/C14H29N3O2.2ClH/c1-12(2)17(3)9-13(18)16-10-14(11-19-4)5-7-15-8-6-14;;/h12,15H,5-11H2,1-4H3,(H,16,18);2*1H. The summed E-state index contributed by atoms with van der Waals surface area (Å²) in [6.45, 7) is 8.08. The van der Waals surface area contributed by atoms with E-state index in [1.165, 1.54) is 0 Å². The summed E-state index contributed by atoms with van der Waals surface area (Å²) in [7, 11) is 3.71. The lowest BCUT2D eigenvalue weighted by molar-refractivity contribution is -0.123. The number of hydrogen-bond donors (Lipinski definition) is 2. The van der Waals surface area contributed by atoms with Crippen molar-refractivity contribution in [2.45, 2.75) is 32.7 Å². The fourth-order valence-corrected chi connectivity index (χ4v) is 2.39. The Morgan fingerprint density at radius 1 is 1.33 bits per heavy atom. The highest BCUT2D eigenvalue weighted by Gasteiger charge is 2.32. The average molecular weight is 344 g/mol. The number of carbonyl (C=O) groups excluding carboxylic acids is 1. The molecule has 5 nitrogen and oxygen atoms in total. The molecule has 0 aromatic carbocycles. The van der Waals surface area contributed by atoms with Crippen molar-refractivity contribution >= 4 is 30.7 Å². The Morgan fingerprint density at radius 2 is 1.90 bits per heavy atom. The Morgan fingerprint density at radius 3 is 2.38 bits per heavy atom. The van der Waals surface area contributed by atoms with Crippen LogP contribution in [0.2, 0.25) is 0 Å². The molecule has 1 aliphatic rings. The zero-order valence-electron chi connectivity index (χ0n) is 13.6. The number of nitrogens with one attached hydrogen (secondary N) is 2. The molecule has 1 saturated heterocycles. The fraction of sp³-hybridized carbons (Fsp3) is 0.929. The van der Waals surface area contributed by atoms with Crippen LogP contribution >= 0.6 is 24.8 Å². The highest BCUT2D eigenvalue weighted by Crippen LogP contribution is 2.28. The van der Waals surface area contributed by atoms with Gasteiger partial charge in [0.15, 0.2) is 0 Å². The van der Waals surface area contributed by atoms with Gasteiger partial charge in [0, 0.05) is 25.1 Å². The van der Waals surface area contributed by atoms with Crippen LogP contribution in [0.3, 0.4) is 0 Å². The number of piperidine rings is 1. The van der Waals surface area contributed by atoms with Crippen molar-refractivity contribution in [2.75, 3.05) is 46.9 Å². The summed E-state index contributed by atoms with van der Waals surface area (Å²) in [4.78, 5) is 14.0. The second-order valence-electron chi connectivity index (χ2n) is 5.97. The van der Waals surface area contributed by atoms with E-state index in [4.69, 9.17) is 4.74 Å². The summed E-state index contributed by atoms with van der Waals surface area (Å²) >= 11 is 0. The van der Waals surface area contributed by atoms with E-state index in [9.17, 15) is 4.79 Å². The summed E-state index contributed by atoms with van der Waals surface area (Å²) < 4.78 is 5.35. The highest BCUT2D eigenvalue weighted by molar-refractivity contribution is 5.85. The van der Waals surface area contributed by atoms with Gasteiger partial charge < -0.3 is 15.4 Å². The number of likely N-dealkylation sites (N-methyl/N-ethyl adjacent to an activating group) is 1. The van der Waals surface area contributed by atoms with E-state index in [2.05, 4.69) is 24.5 Å². The van der Waals surface area contributed by atoms with E-state index < -0.39 is 0 Å². The van der Waals surface area contributed by atoms with Gasteiger partial charge in [-0.3, -0.25) is 9.69 Å². The minimum atomic E-state index is 0. The molecular weight excluding hydrogens is 313 g/mol. The molecule has 0 bridgehead atoms. The second-order valence-corrected chi connectivity index (χ2v) is 5.97. The molecule has 0 atom stereocenters. The maximum absolute atomic E-state index is 11.9. The maximum Gasteiger partial charge on any atom is 0.234 e. The van der Waals surface area contributed by atoms with E-state index in [-0.39, 0.29) is 36.1 Å². The number of carbonyl (C=O) groups is 1. The third kappa shape index (κ3) is 8.21. The van der Waals surface area contributed by atoms with E-state index >= 15 is 0 Å². The van der Waals surface area contributed by atoms with Crippen LogP contribution in [0.25, 0.3) is 0 Å². The van der Waals surface area contributed by atoms with Crippen molar-refractivity contribution in [3.8, 4) is 0 Å². The maximum atomic E-state index is 11.9. The third-order valence-electron chi connectivity index (χ3n) is 4.05. The molecule has 1 aliphatic heterocycles. The summed E-state index contributed by atoms with van der Waals surface area (Å²) in [5.74, 6) is 0.102. The monoisotopic (exact) mass is 343 g/mol. The van der Waals surface area contributed by atoms with Crippen LogP contribution in [0.5, 0.6) is 0 Å². The van der Waals surface area contributed by atoms with Gasteiger partial charge in [0.25, 0.3) is 0 Å². The minimum Gasteiger partial charge on any atom is -0.384 e. The first-order valence-corrected chi connectivity index (χ1v) is 7.16. The van der Waals surface area contributed by atoms with Crippen LogP contribution in [-0.4, -0.2) is 63.8 Å². The van der Waals surface area contributed by atoms with Gasteiger partial charge in [-0.2, -0.15) is 0 Å². The number of nitrogens with zero attached hydrogens (tertiary/aromatic N) is 1. The number of hydrogen-bond acceptors (Lipinski definition) is 4. The van der Waals surface area contributed by atoms with E-state index in [1.807, 2.05) is 11.9 Å². The zero-order chi connectivity index (χ0) is 14.3. The number of ether oxygens (including phenoxy) is 1. The SMILES string of the molecule is COCC1(CNC(=O)CN(C)C(C)C)CCNCC1.Cl.Cl. The van der Waals surface area contributed by atoms with E-state index in [1.54, 1.807) is 7.11 Å². The summed E-state index contributed by atoms with van der Waals surface area (Å²) in [5.41, 5.74) is 0.103. The van der Waals surface area contributed by atoms with Crippen LogP contribution < -0.4 is 10.6 Å². The van der Waals surface area contributed by atoms with Gasteiger partial charge in [-0.15, -0.1) is 24.8 Å². The molecule has 2 N–H and O–H groups in total. The van der Waals surface area contributed by atoms with Gasteiger partial charge in [0.05, 0.1) is 13.2 Å². The molecule has 1 fully saturated rings. The molecule has 1 amide bonds. The number of halogens is 2. The molecule has 128 valence electrons. The molecule has 0 saturated carbocycles. The summed E-state index contributed by atoms with van der Waals surface area (Å²) in [6, 6.07) is 0.387. The molecule has 0 aromatic heterocycles. The van der Waals surface area contributed by atoms with E-state index in [0.29, 0.717) is 19.1 Å². The lowest BCUT2D eigenvalue weighted by Crippen LogP contribution is -2.49. The van der Waals surface area contributed by atoms with Crippen molar-refractivity contribution in [1.29, 1.82) is 0 Å². The van der Waals surface area contributed by atoms with Gasteiger partial charge >= 0.3 is 0 Å². The quantitative estimate of drug-likeness (QED) is 0.731. The first-order valence-electron chi connectivity index (χ1n) is 7.16. The Labute approximate surface area is 141 Å². The predicted octanol–water partition coefficient (Wildman–Crippen LogP) is 1.30. The molecule has 1 rings (SSSR count). The molecule has 0 spiro atoms. The third-order valence-corrected chi connectivity index (χ3v) is 4.05.